The molecule has 0 spiro atoms. The third-order valence-electron chi connectivity index (χ3n) is 10.6. The lowest BCUT2D eigenvalue weighted by atomic mass is 10.1. The average Bonchev–Trinajstić information content (AvgIpc) is 3.67. The van der Waals surface area contributed by atoms with Crippen molar-refractivity contribution in [3.63, 3.8) is 0 Å². The lowest BCUT2D eigenvalue weighted by Gasteiger charge is -2.36. The zero-order valence-corrected chi connectivity index (χ0v) is 34.4. The second kappa shape index (κ2) is 18.5. The van der Waals surface area contributed by atoms with Crippen LogP contribution in [-0.4, -0.2) is 87.7 Å². The second-order valence-corrected chi connectivity index (χ2v) is 17.8. The standard InChI is InChI=1S/C44H49N7O5S2/c1-47(2)23-22-37(32-57-39-13-4-3-5-14-39)45-41-21-20-40(28-43(41)51(53)54)58(55,56)46-44(52)33-16-18-38(19-17-33)49-26-24-48(25-27-49)29-36-12-8-9-15-42(36)50-30-34-10-6-7-11-35(34)31-50/h3-21,28,37,45H,22-27,29-32H2,1-2H3,(H,46,52)/t37-/m1/s1. The summed E-state index contributed by atoms with van der Waals surface area (Å²) in [4.78, 5) is 34.7. The first-order chi connectivity index (χ1) is 28.0. The van der Waals surface area contributed by atoms with Crippen molar-refractivity contribution in [1.82, 2.24) is 14.5 Å². The largest absolute Gasteiger partial charge is 0.376 e. The van der Waals surface area contributed by atoms with Crippen molar-refractivity contribution in [2.24, 2.45) is 0 Å². The average molecular weight is 820 g/mol. The van der Waals surface area contributed by atoms with Crippen LogP contribution in [0.2, 0.25) is 0 Å². The van der Waals surface area contributed by atoms with Crippen molar-refractivity contribution < 1.29 is 18.1 Å². The lowest BCUT2D eigenvalue weighted by molar-refractivity contribution is -0.384. The first kappa shape index (κ1) is 40.8. The highest BCUT2D eigenvalue weighted by Crippen LogP contribution is 2.33. The molecule has 1 atom stereocenters. The third kappa shape index (κ3) is 10.2. The quantitative estimate of drug-likeness (QED) is 0.0602. The Balaban J connectivity index is 0.944. The van der Waals surface area contributed by atoms with E-state index < -0.39 is 20.9 Å². The van der Waals surface area contributed by atoms with E-state index in [4.69, 9.17) is 0 Å². The molecule has 7 rings (SSSR count). The van der Waals surface area contributed by atoms with Gasteiger partial charge in [0.05, 0.1) is 9.82 Å². The minimum atomic E-state index is -4.42. The van der Waals surface area contributed by atoms with Crippen molar-refractivity contribution in [3.8, 4) is 0 Å². The maximum absolute atomic E-state index is 13.4. The van der Waals surface area contributed by atoms with Gasteiger partial charge in [0, 0.05) is 85.5 Å². The molecule has 2 aliphatic heterocycles. The summed E-state index contributed by atoms with van der Waals surface area (Å²) in [7, 11) is -0.498. The number of nitrogens with one attached hydrogen (secondary N) is 2. The molecular weight excluding hydrogens is 771 g/mol. The minimum absolute atomic E-state index is 0.137. The third-order valence-corrected chi connectivity index (χ3v) is 13.1. The number of rotatable bonds is 16. The molecular formula is C44H49N7O5S2. The van der Waals surface area contributed by atoms with Gasteiger partial charge in [-0.25, -0.2) is 13.1 Å². The summed E-state index contributed by atoms with van der Waals surface area (Å²) in [6, 6.07) is 37.6. The summed E-state index contributed by atoms with van der Waals surface area (Å²) < 4.78 is 28.9. The molecule has 2 heterocycles. The van der Waals surface area contributed by atoms with Gasteiger partial charge in [-0.2, -0.15) is 0 Å². The summed E-state index contributed by atoms with van der Waals surface area (Å²) in [6.07, 6.45) is 0.708. The maximum Gasteiger partial charge on any atom is 0.293 e. The molecule has 1 saturated heterocycles. The molecule has 0 bridgehead atoms. The lowest BCUT2D eigenvalue weighted by Crippen LogP contribution is -2.46. The highest BCUT2D eigenvalue weighted by Gasteiger charge is 2.26. The number of para-hydroxylation sites is 1. The molecule has 0 aromatic heterocycles. The second-order valence-electron chi connectivity index (χ2n) is 15.0. The highest BCUT2D eigenvalue weighted by atomic mass is 32.2. The van der Waals surface area contributed by atoms with Crippen LogP contribution in [0.1, 0.15) is 33.5 Å². The number of anilines is 3. The number of carbonyl (C=O) groups excluding carboxylic acids is 1. The van der Waals surface area contributed by atoms with Gasteiger partial charge >= 0.3 is 0 Å². The predicted octanol–water partition coefficient (Wildman–Crippen LogP) is 7.08. The molecule has 2 N–H and O–H groups in total. The Morgan fingerprint density at radius 1 is 0.828 bits per heavy atom. The van der Waals surface area contributed by atoms with E-state index in [2.05, 4.69) is 73.3 Å². The molecule has 302 valence electrons. The molecule has 0 radical (unpaired) electrons. The number of amides is 1. The number of hydrogen-bond acceptors (Lipinski definition) is 11. The Bertz CT molecular complexity index is 2290. The van der Waals surface area contributed by atoms with Gasteiger partial charge in [-0.05, 0) is 98.3 Å². The number of sulfonamides is 1. The van der Waals surface area contributed by atoms with E-state index in [1.54, 1.807) is 23.9 Å². The first-order valence-corrected chi connectivity index (χ1v) is 21.9. The van der Waals surface area contributed by atoms with E-state index in [0.717, 1.165) is 69.0 Å². The van der Waals surface area contributed by atoms with Gasteiger partial charge < -0.3 is 20.0 Å². The number of nitrogens with zero attached hydrogens (tertiary/aromatic N) is 5. The number of benzene rings is 5. The number of piperazine rings is 1. The molecule has 2 aliphatic rings. The van der Waals surface area contributed by atoms with E-state index in [1.165, 1.54) is 34.5 Å². The minimum Gasteiger partial charge on any atom is -0.376 e. The molecule has 1 fully saturated rings. The van der Waals surface area contributed by atoms with Gasteiger partial charge in [-0.3, -0.25) is 19.8 Å². The Morgan fingerprint density at radius 2 is 1.48 bits per heavy atom. The number of thioether (sulfide) groups is 1. The summed E-state index contributed by atoms with van der Waals surface area (Å²) in [5.41, 5.74) is 6.29. The highest BCUT2D eigenvalue weighted by molar-refractivity contribution is 7.99. The van der Waals surface area contributed by atoms with E-state index in [9.17, 15) is 23.3 Å². The fourth-order valence-electron chi connectivity index (χ4n) is 7.42. The zero-order valence-electron chi connectivity index (χ0n) is 32.8. The van der Waals surface area contributed by atoms with Crippen LogP contribution in [0.15, 0.2) is 131 Å². The van der Waals surface area contributed by atoms with Crippen molar-refractivity contribution in [2.75, 3.05) is 67.7 Å². The number of nitro groups is 1. The van der Waals surface area contributed by atoms with Gasteiger partial charge in [-0.15, -0.1) is 11.8 Å². The van der Waals surface area contributed by atoms with Crippen LogP contribution in [0.25, 0.3) is 0 Å². The van der Waals surface area contributed by atoms with Crippen LogP contribution >= 0.6 is 11.8 Å². The van der Waals surface area contributed by atoms with E-state index >= 15 is 0 Å². The molecule has 0 unspecified atom stereocenters. The molecule has 5 aromatic rings. The van der Waals surface area contributed by atoms with Gasteiger partial charge in [0.1, 0.15) is 5.69 Å². The van der Waals surface area contributed by atoms with Gasteiger partial charge in [0.2, 0.25) is 0 Å². The summed E-state index contributed by atoms with van der Waals surface area (Å²) in [5, 5.41) is 15.5. The van der Waals surface area contributed by atoms with E-state index in [-0.39, 0.29) is 27.9 Å². The van der Waals surface area contributed by atoms with Gasteiger partial charge in [0.15, 0.2) is 0 Å². The Labute approximate surface area is 345 Å². The summed E-state index contributed by atoms with van der Waals surface area (Å²) in [6.45, 7) is 6.81. The monoisotopic (exact) mass is 819 g/mol. The zero-order chi connectivity index (χ0) is 40.6. The smallest absolute Gasteiger partial charge is 0.293 e. The molecule has 1 amide bonds. The Morgan fingerprint density at radius 3 is 2.16 bits per heavy atom. The van der Waals surface area contributed by atoms with Crippen LogP contribution in [0.3, 0.4) is 0 Å². The van der Waals surface area contributed by atoms with E-state index in [1.807, 2.05) is 61.5 Å². The molecule has 5 aromatic carbocycles. The van der Waals surface area contributed by atoms with Gasteiger partial charge in [-0.1, -0.05) is 60.7 Å². The normalized spacial score (nSPS) is 14.9. The number of hydrogen-bond donors (Lipinski definition) is 2. The number of nitro benzene ring substituents is 1. The predicted molar refractivity (Wildman–Crippen MR) is 232 cm³/mol. The fraction of sp³-hybridized carbons (Fsp3) is 0.295. The topological polar surface area (TPSA) is 131 Å². The molecule has 0 aliphatic carbocycles. The Kier molecular flexibility index (Phi) is 13.0. The van der Waals surface area contributed by atoms with Crippen LogP contribution in [0, 0.1) is 10.1 Å². The van der Waals surface area contributed by atoms with E-state index in [0.29, 0.717) is 12.2 Å². The van der Waals surface area contributed by atoms with Gasteiger partial charge in [0.25, 0.3) is 21.6 Å². The van der Waals surface area contributed by atoms with Crippen molar-refractivity contribution >= 4 is 50.4 Å². The maximum atomic E-state index is 13.4. The summed E-state index contributed by atoms with van der Waals surface area (Å²) in [5.74, 6) is -0.174. The molecule has 58 heavy (non-hydrogen) atoms. The fourth-order valence-corrected chi connectivity index (χ4v) is 9.41. The first-order valence-electron chi connectivity index (χ1n) is 19.4. The van der Waals surface area contributed by atoms with Crippen molar-refractivity contribution in [1.29, 1.82) is 0 Å². The van der Waals surface area contributed by atoms with Crippen LogP contribution in [0.4, 0.5) is 22.7 Å². The van der Waals surface area contributed by atoms with Crippen molar-refractivity contribution in [2.45, 2.75) is 41.9 Å². The van der Waals surface area contributed by atoms with Crippen LogP contribution < -0.4 is 19.8 Å². The molecule has 12 nitrogen and oxygen atoms in total. The van der Waals surface area contributed by atoms with Crippen molar-refractivity contribution in [3.05, 3.63) is 154 Å². The SMILES string of the molecule is CN(C)CC[C@H](CSc1ccccc1)Nc1ccc(S(=O)(=O)NC(=O)c2ccc(N3CCN(Cc4ccccc4N4Cc5ccccc5C4)CC3)cc2)cc1[N+](=O)[O-]. The molecule has 14 heteroatoms. The van der Waals surface area contributed by atoms with Crippen LogP contribution in [-0.2, 0) is 29.7 Å². The van der Waals surface area contributed by atoms with Crippen LogP contribution in [0.5, 0.6) is 0 Å². The molecule has 0 saturated carbocycles. The summed E-state index contributed by atoms with van der Waals surface area (Å²) >= 11 is 1.64. The number of fused-ring (bicyclic) bond motifs is 1. The number of carbonyl (C=O) groups is 1. The Hall–Kier alpha value is -5.41.